The molecule has 1 heteroatoms. The van der Waals surface area contributed by atoms with E-state index in [4.69, 9.17) is 5.73 Å². The van der Waals surface area contributed by atoms with Crippen LogP contribution >= 0.6 is 0 Å². The van der Waals surface area contributed by atoms with E-state index in [0.29, 0.717) is 0 Å². The van der Waals surface area contributed by atoms with Gasteiger partial charge in [-0.1, -0.05) is 71.8 Å². The number of rotatable bonds is 3. The molecule has 2 rings (SSSR count). The van der Waals surface area contributed by atoms with Crippen molar-refractivity contribution in [3.05, 3.63) is 76.9 Å². The van der Waals surface area contributed by atoms with Crippen molar-refractivity contribution in [2.45, 2.75) is 19.9 Å². The molecule has 1 unspecified atom stereocenters. The number of hydrogen-bond donors (Lipinski definition) is 1. The van der Waals surface area contributed by atoms with Gasteiger partial charge >= 0.3 is 0 Å². The lowest BCUT2D eigenvalue weighted by molar-refractivity contribution is 0.852. The third-order valence-electron chi connectivity index (χ3n) is 3.12. The van der Waals surface area contributed by atoms with Crippen LogP contribution in [0.2, 0.25) is 0 Å². The van der Waals surface area contributed by atoms with Gasteiger partial charge < -0.3 is 5.73 Å². The molecule has 0 fully saturated rings. The highest BCUT2D eigenvalue weighted by molar-refractivity contribution is 5.54. The minimum atomic E-state index is -0.0363. The molecule has 2 aromatic carbocycles. The van der Waals surface area contributed by atoms with Crippen molar-refractivity contribution < 1.29 is 0 Å². The molecule has 92 valence electrons. The predicted octanol–water partition coefficient (Wildman–Crippen LogP) is 4.10. The highest BCUT2D eigenvalue weighted by atomic mass is 14.6. The molecule has 0 spiro atoms. The van der Waals surface area contributed by atoms with Gasteiger partial charge in [0.1, 0.15) is 0 Å². The standard InChI is InChI=1S/C17H19N/c1-13-8-10-16(11-9-13)17(18)14(2)12-15-6-4-3-5-7-15/h3-12,17H,18H2,1-2H3/b14-12+. The fourth-order valence-corrected chi connectivity index (χ4v) is 1.94. The molecule has 0 aliphatic carbocycles. The van der Waals surface area contributed by atoms with Crippen LogP contribution in [-0.4, -0.2) is 0 Å². The van der Waals surface area contributed by atoms with Crippen LogP contribution < -0.4 is 5.73 Å². The van der Waals surface area contributed by atoms with Gasteiger partial charge in [0, 0.05) is 0 Å². The summed E-state index contributed by atoms with van der Waals surface area (Å²) < 4.78 is 0. The Kier molecular flexibility index (Phi) is 3.96. The lowest BCUT2D eigenvalue weighted by Crippen LogP contribution is -2.11. The van der Waals surface area contributed by atoms with Crippen LogP contribution in [0.1, 0.15) is 29.7 Å². The smallest absolute Gasteiger partial charge is 0.0511 e. The van der Waals surface area contributed by atoms with E-state index in [1.807, 2.05) is 18.2 Å². The molecule has 0 aliphatic rings. The Hall–Kier alpha value is -1.86. The van der Waals surface area contributed by atoms with Crippen LogP contribution in [0.15, 0.2) is 60.2 Å². The largest absolute Gasteiger partial charge is 0.321 e. The molecule has 0 aromatic heterocycles. The third kappa shape index (κ3) is 3.08. The van der Waals surface area contributed by atoms with Crippen LogP contribution in [-0.2, 0) is 0 Å². The molecule has 0 amide bonds. The summed E-state index contributed by atoms with van der Waals surface area (Å²) in [6, 6.07) is 18.6. The summed E-state index contributed by atoms with van der Waals surface area (Å²) in [4.78, 5) is 0. The normalized spacial score (nSPS) is 13.4. The molecule has 2 aromatic rings. The van der Waals surface area contributed by atoms with E-state index in [1.54, 1.807) is 0 Å². The topological polar surface area (TPSA) is 26.0 Å². The third-order valence-corrected chi connectivity index (χ3v) is 3.12. The predicted molar refractivity (Wildman–Crippen MR) is 78.2 cm³/mol. The second-order valence-corrected chi connectivity index (χ2v) is 4.69. The molecule has 0 saturated carbocycles. The van der Waals surface area contributed by atoms with Crippen molar-refractivity contribution in [3.8, 4) is 0 Å². The molecule has 0 bridgehead atoms. The second kappa shape index (κ2) is 5.65. The van der Waals surface area contributed by atoms with Gasteiger partial charge in [-0.2, -0.15) is 0 Å². The zero-order valence-corrected chi connectivity index (χ0v) is 10.9. The second-order valence-electron chi connectivity index (χ2n) is 4.69. The van der Waals surface area contributed by atoms with E-state index in [0.717, 1.165) is 5.56 Å². The Labute approximate surface area is 109 Å². The van der Waals surface area contributed by atoms with Gasteiger partial charge in [0.25, 0.3) is 0 Å². The lowest BCUT2D eigenvalue weighted by atomic mass is 9.98. The summed E-state index contributed by atoms with van der Waals surface area (Å²) >= 11 is 0. The summed E-state index contributed by atoms with van der Waals surface area (Å²) in [5, 5.41) is 0. The highest BCUT2D eigenvalue weighted by Gasteiger charge is 2.07. The van der Waals surface area contributed by atoms with Crippen LogP contribution in [0.5, 0.6) is 0 Å². The molecule has 0 saturated heterocycles. The first-order valence-electron chi connectivity index (χ1n) is 6.22. The monoisotopic (exact) mass is 237 g/mol. The van der Waals surface area contributed by atoms with Crippen molar-refractivity contribution in [3.63, 3.8) is 0 Å². The lowest BCUT2D eigenvalue weighted by Gasteiger charge is -2.13. The number of nitrogens with two attached hydrogens (primary N) is 1. The van der Waals surface area contributed by atoms with Crippen molar-refractivity contribution in [2.24, 2.45) is 5.73 Å². The minimum Gasteiger partial charge on any atom is -0.321 e. The van der Waals surface area contributed by atoms with Gasteiger partial charge in [-0.15, -0.1) is 0 Å². The maximum Gasteiger partial charge on any atom is 0.0511 e. The quantitative estimate of drug-likeness (QED) is 0.854. The van der Waals surface area contributed by atoms with Crippen molar-refractivity contribution in [1.29, 1.82) is 0 Å². The molecular formula is C17H19N. The van der Waals surface area contributed by atoms with Gasteiger partial charge in [0.2, 0.25) is 0 Å². The van der Waals surface area contributed by atoms with Crippen molar-refractivity contribution in [2.75, 3.05) is 0 Å². The van der Waals surface area contributed by atoms with Crippen molar-refractivity contribution >= 4 is 6.08 Å². The average Bonchev–Trinajstić information content (AvgIpc) is 2.40. The Morgan fingerprint density at radius 2 is 1.61 bits per heavy atom. The van der Waals surface area contributed by atoms with Gasteiger partial charge in [-0.3, -0.25) is 0 Å². The molecular weight excluding hydrogens is 218 g/mol. The van der Waals surface area contributed by atoms with Crippen LogP contribution in [0.4, 0.5) is 0 Å². The highest BCUT2D eigenvalue weighted by Crippen LogP contribution is 2.21. The Balaban J connectivity index is 2.21. The van der Waals surface area contributed by atoms with E-state index >= 15 is 0 Å². The maximum atomic E-state index is 6.27. The van der Waals surface area contributed by atoms with Crippen LogP contribution in [0.3, 0.4) is 0 Å². The Morgan fingerprint density at radius 1 is 1.00 bits per heavy atom. The van der Waals surface area contributed by atoms with Gasteiger partial charge in [0.05, 0.1) is 6.04 Å². The van der Waals surface area contributed by atoms with E-state index in [9.17, 15) is 0 Å². The van der Waals surface area contributed by atoms with Gasteiger partial charge in [-0.05, 0) is 25.0 Å². The van der Waals surface area contributed by atoms with E-state index < -0.39 is 0 Å². The van der Waals surface area contributed by atoms with E-state index in [2.05, 4.69) is 56.3 Å². The molecule has 0 radical (unpaired) electrons. The molecule has 2 N–H and O–H groups in total. The van der Waals surface area contributed by atoms with Crippen LogP contribution in [0.25, 0.3) is 6.08 Å². The fourth-order valence-electron chi connectivity index (χ4n) is 1.94. The van der Waals surface area contributed by atoms with E-state index in [1.165, 1.54) is 16.7 Å². The summed E-state index contributed by atoms with van der Waals surface area (Å²) in [6.45, 7) is 4.17. The molecule has 0 aliphatic heterocycles. The van der Waals surface area contributed by atoms with E-state index in [-0.39, 0.29) is 6.04 Å². The first kappa shape index (κ1) is 12.6. The average molecular weight is 237 g/mol. The molecule has 0 heterocycles. The summed E-state index contributed by atoms with van der Waals surface area (Å²) in [5.41, 5.74) is 11.0. The van der Waals surface area contributed by atoms with Gasteiger partial charge in [-0.25, -0.2) is 0 Å². The first-order valence-corrected chi connectivity index (χ1v) is 6.22. The molecule has 1 nitrogen and oxygen atoms in total. The Bertz CT molecular complexity index is 523. The summed E-state index contributed by atoms with van der Waals surface area (Å²) in [6.07, 6.45) is 2.14. The van der Waals surface area contributed by atoms with Gasteiger partial charge in [0.15, 0.2) is 0 Å². The number of hydrogen-bond acceptors (Lipinski definition) is 1. The summed E-state index contributed by atoms with van der Waals surface area (Å²) in [5.74, 6) is 0. The Morgan fingerprint density at radius 3 is 2.22 bits per heavy atom. The van der Waals surface area contributed by atoms with Crippen molar-refractivity contribution in [1.82, 2.24) is 0 Å². The van der Waals surface area contributed by atoms with Crippen LogP contribution in [0, 0.1) is 6.92 Å². The molecule has 18 heavy (non-hydrogen) atoms. The number of benzene rings is 2. The number of aryl methyl sites for hydroxylation is 1. The fraction of sp³-hybridized carbons (Fsp3) is 0.176. The zero-order chi connectivity index (χ0) is 13.0. The summed E-state index contributed by atoms with van der Waals surface area (Å²) in [7, 11) is 0. The SMILES string of the molecule is C/C(=C\c1ccccc1)C(N)c1ccc(C)cc1. The maximum absolute atomic E-state index is 6.27. The zero-order valence-electron chi connectivity index (χ0n) is 10.9. The molecule has 1 atom stereocenters. The first-order chi connectivity index (χ1) is 8.66. The minimum absolute atomic E-state index is 0.0363.